The third-order valence-electron chi connectivity index (χ3n) is 6.34. The number of hydrogen-bond acceptors (Lipinski definition) is 4. The van der Waals surface area contributed by atoms with Gasteiger partial charge in [0.15, 0.2) is 0 Å². The summed E-state index contributed by atoms with van der Waals surface area (Å²) in [5, 5.41) is 3.11. The maximum Gasteiger partial charge on any atom is 0.224 e. The van der Waals surface area contributed by atoms with Gasteiger partial charge in [-0.15, -0.1) is 0 Å². The monoisotopic (exact) mass is 392 g/mol. The van der Waals surface area contributed by atoms with E-state index in [-0.39, 0.29) is 11.8 Å². The molecule has 2 aliphatic rings. The number of carbonyl (C=O) groups excluding carboxylic acids is 1. The molecule has 1 amide bonds. The molecule has 0 bridgehead atoms. The summed E-state index contributed by atoms with van der Waals surface area (Å²) in [6.07, 6.45) is 8.11. The molecule has 0 aliphatic carbocycles. The molecule has 154 valence electrons. The van der Waals surface area contributed by atoms with Gasteiger partial charge < -0.3 is 5.32 Å². The Bertz CT molecular complexity index is 759. The number of piperidine rings is 2. The Labute approximate surface area is 174 Å². The van der Waals surface area contributed by atoms with E-state index in [9.17, 15) is 4.79 Å². The van der Waals surface area contributed by atoms with Crippen LogP contribution in [0.3, 0.4) is 0 Å². The van der Waals surface area contributed by atoms with Gasteiger partial charge in [0.1, 0.15) is 0 Å². The molecule has 2 saturated heterocycles. The average molecular weight is 393 g/mol. The quantitative estimate of drug-likeness (QED) is 0.821. The predicted octanol–water partition coefficient (Wildman–Crippen LogP) is 3.07. The summed E-state index contributed by atoms with van der Waals surface area (Å²) in [6, 6.07) is 15.3. The van der Waals surface area contributed by atoms with E-state index >= 15 is 0 Å². The van der Waals surface area contributed by atoms with Crippen LogP contribution in [-0.4, -0.2) is 52.9 Å². The first-order valence-electron chi connectivity index (χ1n) is 10.9. The van der Waals surface area contributed by atoms with Crippen molar-refractivity contribution in [2.45, 2.75) is 44.8 Å². The van der Waals surface area contributed by atoms with Crippen molar-refractivity contribution in [2.75, 3.05) is 26.2 Å². The second-order valence-electron chi connectivity index (χ2n) is 8.41. The molecule has 29 heavy (non-hydrogen) atoms. The number of likely N-dealkylation sites (tertiary alicyclic amines) is 2. The molecule has 2 fully saturated rings. The molecule has 5 heteroatoms. The average Bonchev–Trinajstić information content (AvgIpc) is 2.79. The minimum absolute atomic E-state index is 0.114. The lowest BCUT2D eigenvalue weighted by Crippen LogP contribution is -2.50. The van der Waals surface area contributed by atoms with E-state index in [2.05, 4.69) is 50.4 Å². The molecule has 5 nitrogen and oxygen atoms in total. The Morgan fingerprint density at radius 1 is 1.00 bits per heavy atom. The highest BCUT2D eigenvalue weighted by Gasteiger charge is 2.31. The summed E-state index contributed by atoms with van der Waals surface area (Å²) in [4.78, 5) is 22.0. The highest BCUT2D eigenvalue weighted by molar-refractivity contribution is 5.78. The molecule has 0 radical (unpaired) electrons. The zero-order valence-electron chi connectivity index (χ0n) is 17.2. The molecule has 1 aromatic heterocycles. The van der Waals surface area contributed by atoms with Crippen molar-refractivity contribution in [3.05, 3.63) is 66.0 Å². The molecule has 3 heterocycles. The first-order chi connectivity index (χ1) is 14.3. The molecule has 2 aromatic rings. The third kappa shape index (κ3) is 5.64. The number of aromatic nitrogens is 1. The Balaban J connectivity index is 1.23. The van der Waals surface area contributed by atoms with E-state index in [1.54, 1.807) is 6.20 Å². The molecule has 1 atom stereocenters. The summed E-state index contributed by atoms with van der Waals surface area (Å²) in [6.45, 7) is 5.95. The van der Waals surface area contributed by atoms with Crippen molar-refractivity contribution in [2.24, 2.45) is 5.92 Å². The maximum absolute atomic E-state index is 12.7. The van der Waals surface area contributed by atoms with Crippen LogP contribution >= 0.6 is 0 Å². The first kappa shape index (κ1) is 20.0. The van der Waals surface area contributed by atoms with Gasteiger partial charge in [0, 0.05) is 38.1 Å². The van der Waals surface area contributed by atoms with Crippen LogP contribution in [-0.2, 0) is 17.9 Å². The topological polar surface area (TPSA) is 48.5 Å². The van der Waals surface area contributed by atoms with Gasteiger partial charge in [-0.2, -0.15) is 0 Å². The summed E-state index contributed by atoms with van der Waals surface area (Å²) in [7, 11) is 0. The lowest BCUT2D eigenvalue weighted by atomic mass is 9.93. The largest absolute Gasteiger partial charge is 0.352 e. The number of rotatable bonds is 6. The Hall–Kier alpha value is -2.24. The van der Waals surface area contributed by atoms with Crippen molar-refractivity contribution in [1.29, 1.82) is 0 Å². The maximum atomic E-state index is 12.7. The van der Waals surface area contributed by atoms with Gasteiger partial charge >= 0.3 is 0 Å². The van der Waals surface area contributed by atoms with E-state index < -0.39 is 0 Å². The SMILES string of the molecule is O=C(NCc1cccnc1)C1CCCN(C2CCN(Cc3ccccc3)CC2)C1. The van der Waals surface area contributed by atoms with Gasteiger partial charge in [-0.1, -0.05) is 36.4 Å². The Morgan fingerprint density at radius 3 is 2.55 bits per heavy atom. The molecule has 2 aliphatic heterocycles. The normalized spacial score (nSPS) is 21.7. The summed E-state index contributed by atoms with van der Waals surface area (Å²) in [5.41, 5.74) is 2.45. The van der Waals surface area contributed by atoms with Gasteiger partial charge in [0.05, 0.1) is 5.92 Å². The summed E-state index contributed by atoms with van der Waals surface area (Å²) in [5.74, 6) is 0.308. The van der Waals surface area contributed by atoms with Crippen LogP contribution in [0, 0.1) is 5.92 Å². The summed E-state index contributed by atoms with van der Waals surface area (Å²) >= 11 is 0. The number of amides is 1. The van der Waals surface area contributed by atoms with E-state index in [4.69, 9.17) is 0 Å². The predicted molar refractivity (Wildman–Crippen MR) is 115 cm³/mol. The third-order valence-corrected chi connectivity index (χ3v) is 6.34. The van der Waals surface area contributed by atoms with Gasteiger partial charge in [-0.3, -0.25) is 19.6 Å². The van der Waals surface area contributed by atoms with Crippen LogP contribution in [0.1, 0.15) is 36.8 Å². The minimum Gasteiger partial charge on any atom is -0.352 e. The van der Waals surface area contributed by atoms with Crippen LogP contribution in [0.15, 0.2) is 54.9 Å². The van der Waals surface area contributed by atoms with Crippen molar-refractivity contribution >= 4 is 5.91 Å². The fourth-order valence-corrected chi connectivity index (χ4v) is 4.67. The molecule has 1 N–H and O–H groups in total. The molecule has 1 unspecified atom stereocenters. The number of benzene rings is 1. The number of nitrogens with zero attached hydrogens (tertiary/aromatic N) is 3. The van der Waals surface area contributed by atoms with E-state index in [1.807, 2.05) is 18.3 Å². The molecular weight excluding hydrogens is 360 g/mol. The van der Waals surface area contributed by atoms with Crippen molar-refractivity contribution in [3.63, 3.8) is 0 Å². The highest BCUT2D eigenvalue weighted by atomic mass is 16.1. The fraction of sp³-hybridized carbons (Fsp3) is 0.500. The standard InChI is InChI=1S/C24H32N4O/c29-24(26-17-21-8-4-12-25-16-21)22-9-5-13-28(19-22)23-10-14-27(15-11-23)18-20-6-2-1-3-7-20/h1-4,6-8,12,16,22-23H,5,9-11,13-15,17-19H2,(H,26,29). The second kappa shape index (κ2) is 9.99. The number of pyridine rings is 1. The molecule has 0 spiro atoms. The molecule has 4 rings (SSSR count). The van der Waals surface area contributed by atoms with Crippen molar-refractivity contribution in [1.82, 2.24) is 20.1 Å². The molecular formula is C24H32N4O. The van der Waals surface area contributed by atoms with Crippen LogP contribution < -0.4 is 5.32 Å². The lowest BCUT2D eigenvalue weighted by Gasteiger charge is -2.42. The van der Waals surface area contributed by atoms with E-state index in [0.717, 1.165) is 51.1 Å². The fourth-order valence-electron chi connectivity index (χ4n) is 4.67. The first-order valence-corrected chi connectivity index (χ1v) is 10.9. The zero-order chi connectivity index (χ0) is 19.9. The number of hydrogen-bond donors (Lipinski definition) is 1. The Kier molecular flexibility index (Phi) is 6.91. The van der Waals surface area contributed by atoms with Gasteiger partial charge in [0.2, 0.25) is 5.91 Å². The molecule has 0 saturated carbocycles. The number of nitrogens with one attached hydrogen (secondary N) is 1. The van der Waals surface area contributed by atoms with Crippen molar-refractivity contribution in [3.8, 4) is 0 Å². The van der Waals surface area contributed by atoms with E-state index in [1.165, 1.54) is 18.4 Å². The lowest BCUT2D eigenvalue weighted by molar-refractivity contribution is -0.127. The molecule has 1 aromatic carbocycles. The van der Waals surface area contributed by atoms with Gasteiger partial charge in [-0.25, -0.2) is 0 Å². The van der Waals surface area contributed by atoms with Crippen LogP contribution in [0.4, 0.5) is 0 Å². The van der Waals surface area contributed by atoms with Gasteiger partial charge in [-0.05, 0) is 62.5 Å². The Morgan fingerprint density at radius 2 is 1.79 bits per heavy atom. The minimum atomic E-state index is 0.114. The smallest absolute Gasteiger partial charge is 0.224 e. The van der Waals surface area contributed by atoms with Crippen molar-refractivity contribution < 1.29 is 4.79 Å². The van der Waals surface area contributed by atoms with Crippen LogP contribution in [0.2, 0.25) is 0 Å². The zero-order valence-corrected chi connectivity index (χ0v) is 17.2. The summed E-state index contributed by atoms with van der Waals surface area (Å²) < 4.78 is 0. The van der Waals surface area contributed by atoms with Gasteiger partial charge in [0.25, 0.3) is 0 Å². The number of carbonyl (C=O) groups is 1. The second-order valence-corrected chi connectivity index (χ2v) is 8.41. The van der Waals surface area contributed by atoms with Crippen LogP contribution in [0.5, 0.6) is 0 Å². The highest BCUT2D eigenvalue weighted by Crippen LogP contribution is 2.24. The van der Waals surface area contributed by atoms with E-state index in [0.29, 0.717) is 12.6 Å². The van der Waals surface area contributed by atoms with Crippen LogP contribution in [0.25, 0.3) is 0 Å².